The first-order valence-electron chi connectivity index (χ1n) is 10.2. The van der Waals surface area contributed by atoms with Gasteiger partial charge in [0.15, 0.2) is 13.2 Å². The van der Waals surface area contributed by atoms with Crippen LogP contribution in [0.4, 0.5) is 11.4 Å². The Bertz CT molecular complexity index is 1040. The fourth-order valence-corrected chi connectivity index (χ4v) is 3.67. The molecule has 0 fully saturated rings. The van der Waals surface area contributed by atoms with Crippen molar-refractivity contribution in [3.63, 3.8) is 0 Å². The van der Waals surface area contributed by atoms with Gasteiger partial charge in [-0.2, -0.15) is 0 Å². The molecule has 0 N–H and O–H groups in total. The number of nitrogens with zero attached hydrogens (tertiary/aromatic N) is 2. The summed E-state index contributed by atoms with van der Waals surface area (Å²) in [6.45, 7) is 2.16. The Morgan fingerprint density at radius 2 is 1.23 bits per heavy atom. The summed E-state index contributed by atoms with van der Waals surface area (Å²) in [6, 6.07) is 25.7. The third-order valence-corrected chi connectivity index (χ3v) is 5.10. The third-order valence-electron chi connectivity index (χ3n) is 5.10. The van der Waals surface area contributed by atoms with E-state index in [0.29, 0.717) is 29.4 Å². The quantitative estimate of drug-likeness (QED) is 0.611. The summed E-state index contributed by atoms with van der Waals surface area (Å²) in [5, 5.41) is 0. The zero-order valence-electron chi connectivity index (χ0n) is 17.3. The molecule has 0 unspecified atom stereocenters. The van der Waals surface area contributed by atoms with Gasteiger partial charge in [-0.25, -0.2) is 0 Å². The molecule has 0 bridgehead atoms. The summed E-state index contributed by atoms with van der Waals surface area (Å²) in [6.07, 6.45) is 0. The minimum atomic E-state index is -0.206. The zero-order valence-corrected chi connectivity index (χ0v) is 17.3. The van der Waals surface area contributed by atoms with Crippen LogP contribution < -0.4 is 19.3 Å². The summed E-state index contributed by atoms with van der Waals surface area (Å²) >= 11 is 0. The van der Waals surface area contributed by atoms with Crippen molar-refractivity contribution in [3.05, 3.63) is 84.9 Å². The van der Waals surface area contributed by atoms with Gasteiger partial charge in [-0.15, -0.1) is 0 Å². The predicted octanol–water partition coefficient (Wildman–Crippen LogP) is 3.91. The van der Waals surface area contributed by atoms with Crippen molar-refractivity contribution in [2.45, 2.75) is 13.0 Å². The number of hydrogen-bond donors (Lipinski definition) is 0. The average molecular weight is 416 g/mol. The van der Waals surface area contributed by atoms with Gasteiger partial charge >= 0.3 is 0 Å². The van der Waals surface area contributed by atoms with Gasteiger partial charge in [0.2, 0.25) is 0 Å². The van der Waals surface area contributed by atoms with Gasteiger partial charge in [-0.3, -0.25) is 9.59 Å². The molecule has 31 heavy (non-hydrogen) atoms. The third kappa shape index (κ3) is 4.69. The molecule has 4 rings (SSSR count). The van der Waals surface area contributed by atoms with E-state index in [0.717, 1.165) is 0 Å². The van der Waals surface area contributed by atoms with Crippen molar-refractivity contribution in [3.8, 4) is 11.5 Å². The number of ether oxygens (including phenoxy) is 2. The number of anilines is 2. The highest BCUT2D eigenvalue weighted by atomic mass is 16.5. The number of rotatable bonds is 6. The number of fused-ring (bicyclic) bond motifs is 1. The van der Waals surface area contributed by atoms with Gasteiger partial charge in [0.05, 0.1) is 17.4 Å². The lowest BCUT2D eigenvalue weighted by Crippen LogP contribution is -2.53. The summed E-state index contributed by atoms with van der Waals surface area (Å²) in [5.74, 6) is 0.972. The van der Waals surface area contributed by atoms with Crippen molar-refractivity contribution in [2.75, 3.05) is 29.6 Å². The Hall–Kier alpha value is -3.80. The highest BCUT2D eigenvalue weighted by Gasteiger charge is 2.34. The maximum Gasteiger partial charge on any atom is 0.265 e. The average Bonchev–Trinajstić information content (AvgIpc) is 2.82. The van der Waals surface area contributed by atoms with Gasteiger partial charge in [0, 0.05) is 6.54 Å². The normalized spacial score (nSPS) is 15.2. The molecule has 0 aromatic heterocycles. The van der Waals surface area contributed by atoms with E-state index in [4.69, 9.17) is 9.47 Å². The van der Waals surface area contributed by atoms with E-state index in [2.05, 4.69) is 0 Å². The van der Waals surface area contributed by atoms with Crippen LogP contribution in [0, 0.1) is 0 Å². The van der Waals surface area contributed by atoms with Gasteiger partial charge in [0.25, 0.3) is 11.8 Å². The maximum atomic E-state index is 13.0. The number of para-hydroxylation sites is 4. The van der Waals surface area contributed by atoms with Crippen molar-refractivity contribution in [1.29, 1.82) is 0 Å². The minimum absolute atomic E-state index is 0.0733. The highest BCUT2D eigenvalue weighted by Crippen LogP contribution is 2.35. The van der Waals surface area contributed by atoms with E-state index in [9.17, 15) is 9.59 Å². The first-order valence-corrected chi connectivity index (χ1v) is 10.2. The van der Waals surface area contributed by atoms with Crippen molar-refractivity contribution < 1.29 is 19.1 Å². The Balaban J connectivity index is 1.49. The van der Waals surface area contributed by atoms with Crippen LogP contribution in [0.2, 0.25) is 0 Å². The van der Waals surface area contributed by atoms with Crippen LogP contribution in [-0.4, -0.2) is 37.6 Å². The van der Waals surface area contributed by atoms with E-state index >= 15 is 0 Å². The molecule has 158 valence electrons. The molecule has 6 heteroatoms. The smallest absolute Gasteiger partial charge is 0.265 e. The van der Waals surface area contributed by atoms with Crippen LogP contribution in [0.15, 0.2) is 84.9 Å². The molecule has 3 aromatic rings. The van der Waals surface area contributed by atoms with Crippen LogP contribution in [0.3, 0.4) is 0 Å². The SMILES string of the molecule is C[C@@H]1CN(C(=O)COc2ccccc2)c2ccccc2N1C(=O)COc1ccccc1. The summed E-state index contributed by atoms with van der Waals surface area (Å²) in [4.78, 5) is 29.3. The van der Waals surface area contributed by atoms with Crippen LogP contribution in [0.5, 0.6) is 11.5 Å². The number of carbonyl (C=O) groups is 2. The first kappa shape index (κ1) is 20.5. The molecule has 1 atom stereocenters. The summed E-state index contributed by atoms with van der Waals surface area (Å²) in [5.41, 5.74) is 1.38. The molecule has 1 aliphatic rings. The van der Waals surface area contributed by atoms with E-state index in [-0.39, 0.29) is 31.1 Å². The zero-order chi connectivity index (χ0) is 21.6. The monoisotopic (exact) mass is 416 g/mol. The molecular weight excluding hydrogens is 392 g/mol. The van der Waals surface area contributed by atoms with Gasteiger partial charge in [-0.1, -0.05) is 48.5 Å². The number of hydrogen-bond acceptors (Lipinski definition) is 4. The van der Waals surface area contributed by atoms with E-state index in [1.165, 1.54) is 0 Å². The van der Waals surface area contributed by atoms with Crippen LogP contribution in [0.25, 0.3) is 0 Å². The van der Waals surface area contributed by atoms with E-state index in [1.807, 2.05) is 91.9 Å². The molecule has 0 aliphatic carbocycles. The minimum Gasteiger partial charge on any atom is -0.484 e. The van der Waals surface area contributed by atoms with Gasteiger partial charge in [0.1, 0.15) is 11.5 Å². The lowest BCUT2D eigenvalue weighted by molar-refractivity contribution is -0.122. The lowest BCUT2D eigenvalue weighted by Gasteiger charge is -2.41. The van der Waals surface area contributed by atoms with Crippen molar-refractivity contribution in [1.82, 2.24) is 0 Å². The van der Waals surface area contributed by atoms with Gasteiger partial charge in [-0.05, 0) is 43.3 Å². The molecule has 2 amide bonds. The molecule has 0 radical (unpaired) electrons. The topological polar surface area (TPSA) is 59.1 Å². The van der Waals surface area contributed by atoms with Crippen LogP contribution >= 0.6 is 0 Å². The molecule has 3 aromatic carbocycles. The summed E-state index contributed by atoms with van der Waals surface area (Å²) in [7, 11) is 0. The molecular formula is C25H24N2O4. The molecule has 0 spiro atoms. The Kier molecular flexibility index (Phi) is 6.17. The second-order valence-corrected chi connectivity index (χ2v) is 7.31. The molecule has 1 heterocycles. The predicted molar refractivity (Wildman–Crippen MR) is 120 cm³/mol. The summed E-state index contributed by atoms with van der Waals surface area (Å²) < 4.78 is 11.3. The molecule has 0 saturated heterocycles. The molecule has 0 saturated carbocycles. The second kappa shape index (κ2) is 9.34. The highest BCUT2D eigenvalue weighted by molar-refractivity contribution is 6.05. The first-order chi connectivity index (χ1) is 15.1. The van der Waals surface area contributed by atoms with Crippen LogP contribution in [0.1, 0.15) is 6.92 Å². The molecule has 1 aliphatic heterocycles. The Morgan fingerprint density at radius 3 is 1.81 bits per heavy atom. The van der Waals surface area contributed by atoms with Crippen molar-refractivity contribution in [2.24, 2.45) is 0 Å². The lowest BCUT2D eigenvalue weighted by atomic mass is 10.1. The Morgan fingerprint density at radius 1 is 0.742 bits per heavy atom. The largest absolute Gasteiger partial charge is 0.484 e. The van der Waals surface area contributed by atoms with Crippen molar-refractivity contribution >= 4 is 23.2 Å². The maximum absolute atomic E-state index is 13.0. The van der Waals surface area contributed by atoms with E-state index in [1.54, 1.807) is 9.80 Å². The van der Waals surface area contributed by atoms with Crippen LogP contribution in [-0.2, 0) is 9.59 Å². The molecule has 6 nitrogen and oxygen atoms in total. The fraction of sp³-hybridized carbons (Fsp3) is 0.200. The number of amides is 2. The number of benzene rings is 3. The second-order valence-electron chi connectivity index (χ2n) is 7.31. The Labute approximate surface area is 181 Å². The number of carbonyl (C=O) groups excluding carboxylic acids is 2. The van der Waals surface area contributed by atoms with Gasteiger partial charge < -0.3 is 19.3 Å². The standard InChI is InChI=1S/C25H24N2O4/c1-19-16-26(24(28)17-30-20-10-4-2-5-11-20)22-14-8-9-15-23(22)27(19)25(29)18-31-21-12-6-3-7-13-21/h2-15,19H,16-18H2,1H3/t19-/m1/s1. The van der Waals surface area contributed by atoms with E-state index < -0.39 is 0 Å². The fourth-order valence-electron chi connectivity index (χ4n) is 3.67.